The van der Waals surface area contributed by atoms with E-state index in [1.54, 1.807) is 0 Å². The fourth-order valence-electron chi connectivity index (χ4n) is 4.48. The van der Waals surface area contributed by atoms with Crippen molar-refractivity contribution >= 4 is 17.5 Å². The molecule has 1 N–H and O–H groups in total. The number of rotatable bonds is 5. The van der Waals surface area contributed by atoms with Crippen LogP contribution in [0.4, 0.5) is 0 Å². The van der Waals surface area contributed by atoms with Gasteiger partial charge in [0.25, 0.3) is 0 Å². The van der Waals surface area contributed by atoms with Gasteiger partial charge in [-0.25, -0.2) is 0 Å². The van der Waals surface area contributed by atoms with Crippen molar-refractivity contribution < 1.29 is 4.79 Å². The molecule has 1 saturated heterocycles. The molecule has 2 aliphatic rings. The van der Waals surface area contributed by atoms with Gasteiger partial charge in [0.05, 0.1) is 6.04 Å². The van der Waals surface area contributed by atoms with E-state index in [1.807, 2.05) is 12.1 Å². The normalized spacial score (nSPS) is 18.6. The molecule has 1 amide bonds. The summed E-state index contributed by atoms with van der Waals surface area (Å²) < 4.78 is 0. The molecule has 0 saturated carbocycles. The van der Waals surface area contributed by atoms with Gasteiger partial charge in [0, 0.05) is 17.5 Å². The molecule has 2 aromatic rings. The Balaban J connectivity index is 1.27. The molecule has 0 bridgehead atoms. The zero-order valence-electron chi connectivity index (χ0n) is 16.6. The first kappa shape index (κ1) is 19.5. The predicted molar refractivity (Wildman–Crippen MR) is 114 cm³/mol. The predicted octanol–water partition coefficient (Wildman–Crippen LogP) is 4.92. The van der Waals surface area contributed by atoms with E-state index in [1.165, 1.54) is 41.5 Å². The number of nitrogens with one attached hydrogen (secondary N) is 1. The largest absolute Gasteiger partial charge is 0.349 e. The molecule has 0 radical (unpaired) electrons. The molecule has 2 aromatic carbocycles. The number of likely N-dealkylation sites (tertiary alicyclic amines) is 1. The summed E-state index contributed by atoms with van der Waals surface area (Å²) in [6.45, 7) is 4.96. The number of halogens is 1. The summed E-state index contributed by atoms with van der Waals surface area (Å²) in [7, 11) is 0. The minimum atomic E-state index is 0.0745. The Morgan fingerprint density at radius 3 is 2.57 bits per heavy atom. The van der Waals surface area contributed by atoms with Crippen LogP contribution in [0.15, 0.2) is 42.5 Å². The van der Waals surface area contributed by atoms with Crippen LogP contribution in [-0.2, 0) is 24.2 Å². The Bertz CT molecular complexity index is 825. The van der Waals surface area contributed by atoms with Crippen LogP contribution in [0.2, 0.25) is 5.02 Å². The highest BCUT2D eigenvalue weighted by Gasteiger charge is 2.26. The van der Waals surface area contributed by atoms with Gasteiger partial charge < -0.3 is 5.32 Å². The van der Waals surface area contributed by atoms with Gasteiger partial charge in [-0.1, -0.05) is 41.9 Å². The third-order valence-corrected chi connectivity index (χ3v) is 6.51. The molecule has 0 aromatic heterocycles. The number of hydrogen-bond acceptors (Lipinski definition) is 2. The van der Waals surface area contributed by atoms with E-state index in [0.717, 1.165) is 37.5 Å². The molecule has 1 atom stereocenters. The number of nitrogens with zero attached hydrogens (tertiary/aromatic N) is 1. The molecule has 1 fully saturated rings. The summed E-state index contributed by atoms with van der Waals surface area (Å²) in [5, 5.41) is 4.03. The Morgan fingerprint density at radius 2 is 1.82 bits per heavy atom. The maximum absolute atomic E-state index is 12.8. The van der Waals surface area contributed by atoms with Crippen molar-refractivity contribution in [2.75, 3.05) is 13.1 Å². The fourth-order valence-corrected chi connectivity index (χ4v) is 4.60. The van der Waals surface area contributed by atoms with E-state index < -0.39 is 0 Å². The second-order valence-electron chi connectivity index (χ2n) is 8.29. The quantitative estimate of drug-likeness (QED) is 0.778. The molecule has 1 heterocycles. The topological polar surface area (TPSA) is 32.3 Å². The average molecular weight is 397 g/mol. The summed E-state index contributed by atoms with van der Waals surface area (Å²) in [4.78, 5) is 15.2. The first-order valence-electron chi connectivity index (χ1n) is 10.5. The Morgan fingerprint density at radius 1 is 1.11 bits per heavy atom. The number of piperidine rings is 1. The van der Waals surface area contributed by atoms with Crippen LogP contribution < -0.4 is 5.32 Å². The smallest absolute Gasteiger partial charge is 0.223 e. The molecule has 148 valence electrons. The number of benzene rings is 2. The standard InChI is InChI=1S/C24H29ClN2O/c1-17(21-8-7-19-3-2-4-22(19)15-21)26-24(28)20-11-13-27(14-12-20)16-18-5-9-23(25)10-6-18/h5-10,15,17,20H,2-4,11-14,16H2,1H3,(H,26,28)/t17-/m0/s1. The highest BCUT2D eigenvalue weighted by molar-refractivity contribution is 6.30. The van der Waals surface area contributed by atoms with Gasteiger partial charge in [-0.05, 0) is 86.5 Å². The van der Waals surface area contributed by atoms with Gasteiger partial charge in [0.15, 0.2) is 0 Å². The van der Waals surface area contributed by atoms with Crippen LogP contribution in [0.1, 0.15) is 54.5 Å². The molecule has 0 spiro atoms. The van der Waals surface area contributed by atoms with E-state index in [4.69, 9.17) is 11.6 Å². The first-order valence-corrected chi connectivity index (χ1v) is 10.8. The third-order valence-electron chi connectivity index (χ3n) is 6.26. The number of amides is 1. The summed E-state index contributed by atoms with van der Waals surface area (Å²) >= 11 is 5.96. The van der Waals surface area contributed by atoms with Crippen LogP contribution >= 0.6 is 11.6 Å². The molecule has 28 heavy (non-hydrogen) atoms. The Labute approximate surface area is 173 Å². The minimum Gasteiger partial charge on any atom is -0.349 e. The van der Waals surface area contributed by atoms with Crippen LogP contribution in [0.3, 0.4) is 0 Å². The van der Waals surface area contributed by atoms with Gasteiger partial charge in [-0.2, -0.15) is 0 Å². The van der Waals surface area contributed by atoms with Gasteiger partial charge >= 0.3 is 0 Å². The van der Waals surface area contributed by atoms with Crippen LogP contribution in [0.25, 0.3) is 0 Å². The van der Waals surface area contributed by atoms with Gasteiger partial charge in [-0.15, -0.1) is 0 Å². The highest BCUT2D eigenvalue weighted by atomic mass is 35.5. The zero-order chi connectivity index (χ0) is 19.5. The lowest BCUT2D eigenvalue weighted by Crippen LogP contribution is -2.40. The molecule has 0 unspecified atom stereocenters. The number of fused-ring (bicyclic) bond motifs is 1. The van der Waals surface area contributed by atoms with E-state index in [0.29, 0.717) is 0 Å². The van der Waals surface area contributed by atoms with E-state index in [2.05, 4.69) is 47.5 Å². The van der Waals surface area contributed by atoms with Crippen molar-refractivity contribution in [1.82, 2.24) is 10.2 Å². The molecule has 1 aliphatic carbocycles. The lowest BCUT2D eigenvalue weighted by molar-refractivity contribution is -0.127. The second kappa shape index (κ2) is 8.67. The number of hydrogen-bond donors (Lipinski definition) is 1. The average Bonchev–Trinajstić information content (AvgIpc) is 3.18. The number of carbonyl (C=O) groups excluding carboxylic acids is 1. The fraction of sp³-hybridized carbons (Fsp3) is 0.458. The molecule has 4 heteroatoms. The summed E-state index contributed by atoms with van der Waals surface area (Å²) in [6.07, 6.45) is 5.49. The maximum Gasteiger partial charge on any atom is 0.223 e. The van der Waals surface area contributed by atoms with Crippen molar-refractivity contribution in [1.29, 1.82) is 0 Å². The van der Waals surface area contributed by atoms with Crippen LogP contribution in [0, 0.1) is 5.92 Å². The van der Waals surface area contributed by atoms with E-state index in [9.17, 15) is 4.79 Å². The molecular weight excluding hydrogens is 368 g/mol. The van der Waals surface area contributed by atoms with E-state index in [-0.39, 0.29) is 17.9 Å². The molecule has 4 rings (SSSR count). The SMILES string of the molecule is C[C@H](NC(=O)C1CCN(Cc2ccc(Cl)cc2)CC1)c1ccc2c(c1)CCC2. The summed E-state index contributed by atoms with van der Waals surface area (Å²) in [5.41, 5.74) is 5.45. The van der Waals surface area contributed by atoms with Crippen molar-refractivity contribution in [2.45, 2.75) is 51.6 Å². The molecular formula is C24H29ClN2O. The third kappa shape index (κ3) is 4.59. The van der Waals surface area contributed by atoms with Crippen LogP contribution in [0.5, 0.6) is 0 Å². The molecule has 3 nitrogen and oxygen atoms in total. The lowest BCUT2D eigenvalue weighted by Gasteiger charge is -2.32. The second-order valence-corrected chi connectivity index (χ2v) is 8.73. The monoisotopic (exact) mass is 396 g/mol. The Kier molecular flexibility index (Phi) is 6.03. The van der Waals surface area contributed by atoms with Gasteiger partial charge in [0.1, 0.15) is 0 Å². The van der Waals surface area contributed by atoms with E-state index >= 15 is 0 Å². The zero-order valence-corrected chi connectivity index (χ0v) is 17.3. The van der Waals surface area contributed by atoms with Gasteiger partial charge in [0.2, 0.25) is 5.91 Å². The number of carbonyl (C=O) groups is 1. The Hall–Kier alpha value is -1.84. The van der Waals surface area contributed by atoms with Crippen molar-refractivity contribution in [3.63, 3.8) is 0 Å². The minimum absolute atomic E-state index is 0.0745. The highest BCUT2D eigenvalue weighted by Crippen LogP contribution is 2.26. The molecule has 1 aliphatic heterocycles. The maximum atomic E-state index is 12.8. The van der Waals surface area contributed by atoms with Crippen molar-refractivity contribution in [2.24, 2.45) is 5.92 Å². The lowest BCUT2D eigenvalue weighted by atomic mass is 9.94. The van der Waals surface area contributed by atoms with Crippen molar-refractivity contribution in [3.8, 4) is 0 Å². The van der Waals surface area contributed by atoms with Crippen LogP contribution in [-0.4, -0.2) is 23.9 Å². The van der Waals surface area contributed by atoms with Gasteiger partial charge in [-0.3, -0.25) is 9.69 Å². The van der Waals surface area contributed by atoms with Crippen molar-refractivity contribution in [3.05, 3.63) is 69.7 Å². The summed E-state index contributed by atoms with van der Waals surface area (Å²) in [6, 6.07) is 14.8. The number of aryl methyl sites for hydroxylation is 2. The summed E-state index contributed by atoms with van der Waals surface area (Å²) in [5.74, 6) is 0.331. The first-order chi connectivity index (χ1) is 13.6.